The summed E-state index contributed by atoms with van der Waals surface area (Å²) in [7, 11) is -1.02. The molecule has 0 radical (unpaired) electrons. The zero-order valence-corrected chi connectivity index (χ0v) is 9.42. The van der Waals surface area contributed by atoms with Gasteiger partial charge in [-0.1, -0.05) is 19.6 Å². The molecule has 0 aliphatic carbocycles. The minimum Gasteiger partial charge on any atom is -0.494 e. The van der Waals surface area contributed by atoms with Gasteiger partial charge in [0.05, 0.1) is 12.7 Å². The Bertz CT molecular complexity index is 228. The van der Waals surface area contributed by atoms with Crippen molar-refractivity contribution in [2.24, 2.45) is 0 Å². The summed E-state index contributed by atoms with van der Waals surface area (Å²) in [6, 6.07) is 1.11. The highest BCUT2D eigenvalue weighted by Gasteiger charge is 2.16. The molecule has 0 aromatic heterocycles. The topological polar surface area (TPSA) is 35.5 Å². The first-order chi connectivity index (χ1) is 5.97. The Kier molecular flexibility index (Phi) is 3.14. The molecule has 13 heavy (non-hydrogen) atoms. The van der Waals surface area contributed by atoms with E-state index in [0.29, 0.717) is 19.0 Å². The largest absolute Gasteiger partial charge is 0.494 e. The first-order valence-electron chi connectivity index (χ1n) is 4.47. The van der Waals surface area contributed by atoms with Gasteiger partial charge in [-0.25, -0.2) is 4.79 Å². The molecule has 0 spiro atoms. The van der Waals surface area contributed by atoms with Crippen molar-refractivity contribution in [1.29, 1.82) is 0 Å². The van der Waals surface area contributed by atoms with Crippen LogP contribution in [0.2, 0.25) is 25.7 Å². The molecule has 0 atom stereocenters. The number of carbonyl (C=O) groups excluding carboxylic acids is 1. The van der Waals surface area contributed by atoms with E-state index in [2.05, 4.69) is 19.6 Å². The molecule has 0 amide bonds. The van der Waals surface area contributed by atoms with E-state index in [-0.39, 0.29) is 5.97 Å². The van der Waals surface area contributed by atoms with Crippen molar-refractivity contribution in [3.63, 3.8) is 0 Å². The van der Waals surface area contributed by atoms with E-state index in [1.165, 1.54) is 6.08 Å². The molecule has 0 saturated carbocycles. The molecule has 1 aliphatic heterocycles. The lowest BCUT2D eigenvalue weighted by Gasteiger charge is -2.15. The second kappa shape index (κ2) is 3.96. The molecule has 74 valence electrons. The van der Waals surface area contributed by atoms with Crippen LogP contribution >= 0.6 is 0 Å². The maximum Gasteiger partial charge on any atom is 0.334 e. The smallest absolute Gasteiger partial charge is 0.334 e. The third-order valence-electron chi connectivity index (χ3n) is 1.78. The Morgan fingerprint density at radius 3 is 2.69 bits per heavy atom. The van der Waals surface area contributed by atoms with Crippen LogP contribution in [-0.2, 0) is 14.3 Å². The molecule has 4 heteroatoms. The fraction of sp³-hybridized carbons (Fsp3) is 0.667. The van der Waals surface area contributed by atoms with Crippen molar-refractivity contribution >= 4 is 14.0 Å². The quantitative estimate of drug-likeness (QED) is 0.512. The first-order valence-corrected chi connectivity index (χ1v) is 8.18. The number of cyclic esters (lactones) is 1. The summed E-state index contributed by atoms with van der Waals surface area (Å²) in [5.41, 5.74) is 0. The molecule has 3 nitrogen and oxygen atoms in total. The van der Waals surface area contributed by atoms with Crippen LogP contribution in [-0.4, -0.2) is 27.3 Å². The van der Waals surface area contributed by atoms with Crippen molar-refractivity contribution < 1.29 is 14.3 Å². The Morgan fingerprint density at radius 1 is 1.54 bits per heavy atom. The molecule has 0 aromatic carbocycles. The molecule has 1 rings (SSSR count). The van der Waals surface area contributed by atoms with E-state index in [9.17, 15) is 4.79 Å². The Morgan fingerprint density at radius 2 is 2.23 bits per heavy atom. The van der Waals surface area contributed by atoms with Crippen LogP contribution in [0.5, 0.6) is 0 Å². The van der Waals surface area contributed by atoms with E-state index in [4.69, 9.17) is 9.47 Å². The Balaban J connectivity index is 2.20. The standard InChI is InChI=1S/C9H16O3Si/c1-13(2,3)5-4-11-8-6-9(10)12-7-8/h6H,4-5,7H2,1-3H3. The summed E-state index contributed by atoms with van der Waals surface area (Å²) >= 11 is 0. The first kappa shape index (κ1) is 10.3. The van der Waals surface area contributed by atoms with Gasteiger partial charge in [-0.05, 0) is 6.04 Å². The molecule has 0 N–H and O–H groups in total. The van der Waals surface area contributed by atoms with Crippen LogP contribution in [0.1, 0.15) is 0 Å². The van der Waals surface area contributed by atoms with E-state index >= 15 is 0 Å². The number of hydrogen-bond acceptors (Lipinski definition) is 3. The van der Waals surface area contributed by atoms with E-state index in [0.717, 1.165) is 6.04 Å². The highest BCUT2D eigenvalue weighted by molar-refractivity contribution is 6.76. The SMILES string of the molecule is C[Si](C)(C)CCOC1=CC(=O)OC1. The molecular formula is C9H16O3Si. The molecule has 0 unspecified atom stereocenters. The number of hydrogen-bond donors (Lipinski definition) is 0. The lowest BCUT2D eigenvalue weighted by molar-refractivity contribution is -0.135. The summed E-state index contributed by atoms with van der Waals surface area (Å²) in [4.78, 5) is 10.6. The highest BCUT2D eigenvalue weighted by atomic mass is 28.3. The summed E-state index contributed by atoms with van der Waals surface area (Å²) in [5.74, 6) is 0.381. The third-order valence-corrected chi connectivity index (χ3v) is 3.48. The van der Waals surface area contributed by atoms with Crippen molar-refractivity contribution in [2.45, 2.75) is 25.7 Å². The van der Waals surface area contributed by atoms with Crippen LogP contribution in [0.4, 0.5) is 0 Å². The zero-order chi connectivity index (χ0) is 9.90. The second-order valence-corrected chi connectivity index (χ2v) is 10.00. The molecular weight excluding hydrogens is 184 g/mol. The minimum atomic E-state index is -1.02. The number of rotatable bonds is 4. The minimum absolute atomic E-state index is 0.289. The maximum absolute atomic E-state index is 10.6. The summed E-state index contributed by atoms with van der Waals surface area (Å²) in [6.45, 7) is 7.89. The van der Waals surface area contributed by atoms with E-state index in [1.54, 1.807) is 0 Å². The predicted molar refractivity (Wildman–Crippen MR) is 53.1 cm³/mol. The molecule has 1 heterocycles. The number of esters is 1. The molecule has 0 bridgehead atoms. The summed E-state index contributed by atoms with van der Waals surface area (Å²) in [5, 5.41) is 0. The molecule has 0 fully saturated rings. The van der Waals surface area contributed by atoms with Gasteiger partial charge in [0.2, 0.25) is 0 Å². The van der Waals surface area contributed by atoms with Gasteiger partial charge in [0.1, 0.15) is 12.4 Å². The van der Waals surface area contributed by atoms with Crippen molar-refractivity contribution in [3.8, 4) is 0 Å². The summed E-state index contributed by atoms with van der Waals surface area (Å²) in [6.07, 6.45) is 1.42. The molecule has 1 aliphatic rings. The van der Waals surface area contributed by atoms with Gasteiger partial charge in [-0.15, -0.1) is 0 Å². The van der Waals surface area contributed by atoms with E-state index < -0.39 is 8.07 Å². The second-order valence-electron chi connectivity index (χ2n) is 4.38. The lowest BCUT2D eigenvalue weighted by atomic mass is 10.5. The van der Waals surface area contributed by atoms with Crippen molar-refractivity contribution in [3.05, 3.63) is 11.8 Å². The van der Waals surface area contributed by atoms with Gasteiger partial charge in [0.25, 0.3) is 0 Å². The highest BCUT2D eigenvalue weighted by Crippen LogP contribution is 2.12. The average Bonchev–Trinajstić information content (AvgIpc) is 2.33. The lowest BCUT2D eigenvalue weighted by Crippen LogP contribution is -2.21. The van der Waals surface area contributed by atoms with Gasteiger partial charge in [-0.2, -0.15) is 0 Å². The fourth-order valence-electron chi connectivity index (χ4n) is 0.929. The van der Waals surface area contributed by atoms with Crippen molar-refractivity contribution in [1.82, 2.24) is 0 Å². The van der Waals surface area contributed by atoms with Gasteiger partial charge < -0.3 is 9.47 Å². The monoisotopic (exact) mass is 200 g/mol. The van der Waals surface area contributed by atoms with Crippen LogP contribution in [0.15, 0.2) is 11.8 Å². The average molecular weight is 200 g/mol. The van der Waals surface area contributed by atoms with Gasteiger partial charge in [0.15, 0.2) is 0 Å². The normalized spacial score (nSPS) is 16.8. The van der Waals surface area contributed by atoms with Crippen LogP contribution in [0, 0.1) is 0 Å². The van der Waals surface area contributed by atoms with Crippen LogP contribution < -0.4 is 0 Å². The maximum atomic E-state index is 10.6. The Labute approximate surface area is 79.7 Å². The van der Waals surface area contributed by atoms with Crippen molar-refractivity contribution in [2.75, 3.05) is 13.2 Å². The number of ether oxygens (including phenoxy) is 2. The van der Waals surface area contributed by atoms with E-state index in [1.807, 2.05) is 0 Å². The predicted octanol–water partition coefficient (Wildman–Crippen LogP) is 1.78. The number of carbonyl (C=O) groups is 1. The van der Waals surface area contributed by atoms with Gasteiger partial charge in [-0.3, -0.25) is 0 Å². The zero-order valence-electron chi connectivity index (χ0n) is 8.42. The molecule has 0 saturated heterocycles. The molecule has 0 aromatic rings. The van der Waals surface area contributed by atoms with Gasteiger partial charge >= 0.3 is 5.97 Å². The fourth-order valence-corrected chi connectivity index (χ4v) is 1.64. The van der Waals surface area contributed by atoms with Crippen LogP contribution in [0.3, 0.4) is 0 Å². The Hall–Kier alpha value is -0.773. The van der Waals surface area contributed by atoms with Gasteiger partial charge in [0, 0.05) is 8.07 Å². The third kappa shape index (κ3) is 4.12. The summed E-state index contributed by atoms with van der Waals surface area (Å²) < 4.78 is 10.1. The van der Waals surface area contributed by atoms with Crippen LogP contribution in [0.25, 0.3) is 0 Å².